The first-order valence-electron chi connectivity index (χ1n) is 8.59. The topological polar surface area (TPSA) is 12.0 Å². The molecule has 2 saturated carbocycles. The maximum absolute atomic E-state index is 3.59. The summed E-state index contributed by atoms with van der Waals surface area (Å²) in [6.45, 7) is 4.51. The molecule has 2 aliphatic rings. The highest BCUT2D eigenvalue weighted by Crippen LogP contribution is 2.50. The van der Waals surface area contributed by atoms with E-state index in [2.05, 4.69) is 42.6 Å². The standard InChI is InChI=1S/C19H29N/c1-2-20-14-17(10-15-6-4-3-5-7-15)13-19-12-16-8-9-18(19)11-16/h3-7,16-20H,2,8-14H2,1H3. The summed E-state index contributed by atoms with van der Waals surface area (Å²) in [5, 5.41) is 3.59. The average Bonchev–Trinajstić information content (AvgIpc) is 3.08. The quantitative estimate of drug-likeness (QED) is 0.780. The molecule has 0 aromatic heterocycles. The molecule has 20 heavy (non-hydrogen) atoms. The molecule has 110 valence electrons. The lowest BCUT2D eigenvalue weighted by atomic mass is 9.80. The molecule has 0 amide bonds. The third kappa shape index (κ3) is 3.44. The van der Waals surface area contributed by atoms with E-state index in [4.69, 9.17) is 0 Å². The molecule has 0 spiro atoms. The van der Waals surface area contributed by atoms with Crippen LogP contribution >= 0.6 is 0 Å². The van der Waals surface area contributed by atoms with Crippen LogP contribution in [0.4, 0.5) is 0 Å². The molecule has 1 heteroatoms. The van der Waals surface area contributed by atoms with Crippen LogP contribution in [0.1, 0.15) is 44.6 Å². The first-order valence-corrected chi connectivity index (χ1v) is 8.59. The molecule has 1 aromatic carbocycles. The van der Waals surface area contributed by atoms with Crippen LogP contribution in [0.3, 0.4) is 0 Å². The van der Waals surface area contributed by atoms with Gasteiger partial charge in [-0.3, -0.25) is 0 Å². The van der Waals surface area contributed by atoms with Gasteiger partial charge in [0.2, 0.25) is 0 Å². The van der Waals surface area contributed by atoms with Gasteiger partial charge in [0.25, 0.3) is 0 Å². The number of benzene rings is 1. The summed E-state index contributed by atoms with van der Waals surface area (Å²) in [4.78, 5) is 0. The minimum Gasteiger partial charge on any atom is -0.317 e. The smallest absolute Gasteiger partial charge is 0.00173 e. The Morgan fingerprint density at radius 1 is 1.15 bits per heavy atom. The highest BCUT2D eigenvalue weighted by Gasteiger charge is 2.39. The number of nitrogens with one attached hydrogen (secondary N) is 1. The second kappa shape index (κ2) is 6.76. The van der Waals surface area contributed by atoms with Crippen molar-refractivity contribution < 1.29 is 0 Å². The van der Waals surface area contributed by atoms with Crippen LogP contribution in [0.2, 0.25) is 0 Å². The summed E-state index contributed by atoms with van der Waals surface area (Å²) in [6, 6.07) is 11.1. The van der Waals surface area contributed by atoms with Crippen molar-refractivity contribution in [1.82, 2.24) is 5.32 Å². The lowest BCUT2D eigenvalue weighted by Gasteiger charge is -2.27. The second-order valence-electron chi connectivity index (χ2n) is 7.03. The Morgan fingerprint density at radius 3 is 2.65 bits per heavy atom. The van der Waals surface area contributed by atoms with Gasteiger partial charge < -0.3 is 5.32 Å². The second-order valence-corrected chi connectivity index (χ2v) is 7.03. The van der Waals surface area contributed by atoms with E-state index in [0.717, 1.165) is 30.2 Å². The van der Waals surface area contributed by atoms with E-state index >= 15 is 0 Å². The van der Waals surface area contributed by atoms with Gasteiger partial charge >= 0.3 is 0 Å². The van der Waals surface area contributed by atoms with Crippen LogP contribution < -0.4 is 5.32 Å². The number of fused-ring (bicyclic) bond motifs is 2. The molecule has 4 unspecified atom stereocenters. The monoisotopic (exact) mass is 271 g/mol. The van der Waals surface area contributed by atoms with Crippen molar-refractivity contribution in [3.05, 3.63) is 35.9 Å². The zero-order chi connectivity index (χ0) is 13.8. The zero-order valence-corrected chi connectivity index (χ0v) is 12.9. The van der Waals surface area contributed by atoms with Gasteiger partial charge in [-0.25, -0.2) is 0 Å². The fraction of sp³-hybridized carbons (Fsp3) is 0.684. The molecule has 2 fully saturated rings. The highest BCUT2D eigenvalue weighted by molar-refractivity contribution is 5.15. The predicted molar refractivity (Wildman–Crippen MR) is 85.7 cm³/mol. The summed E-state index contributed by atoms with van der Waals surface area (Å²) >= 11 is 0. The molecule has 1 aromatic rings. The predicted octanol–water partition coefficient (Wildman–Crippen LogP) is 4.28. The van der Waals surface area contributed by atoms with E-state index in [1.807, 2.05) is 0 Å². The fourth-order valence-corrected chi connectivity index (χ4v) is 4.63. The van der Waals surface area contributed by atoms with Crippen molar-refractivity contribution in [3.63, 3.8) is 0 Å². The van der Waals surface area contributed by atoms with Gasteiger partial charge in [0.1, 0.15) is 0 Å². The van der Waals surface area contributed by atoms with E-state index in [1.165, 1.54) is 44.2 Å². The highest BCUT2D eigenvalue weighted by atomic mass is 14.8. The van der Waals surface area contributed by atoms with Crippen molar-refractivity contribution >= 4 is 0 Å². The molecule has 2 aliphatic carbocycles. The molecule has 2 bridgehead atoms. The van der Waals surface area contributed by atoms with Gasteiger partial charge in [0, 0.05) is 0 Å². The van der Waals surface area contributed by atoms with Crippen molar-refractivity contribution in [2.45, 2.75) is 45.4 Å². The van der Waals surface area contributed by atoms with Crippen LogP contribution in [0.5, 0.6) is 0 Å². The molecule has 0 aliphatic heterocycles. The molecule has 0 heterocycles. The zero-order valence-electron chi connectivity index (χ0n) is 12.9. The summed E-state index contributed by atoms with van der Waals surface area (Å²) in [5.41, 5.74) is 1.51. The minimum absolute atomic E-state index is 0.821. The maximum Gasteiger partial charge on any atom is -0.00173 e. The Labute approximate surface area is 124 Å². The number of hydrogen-bond donors (Lipinski definition) is 1. The first kappa shape index (κ1) is 14.1. The summed E-state index contributed by atoms with van der Waals surface area (Å²) in [7, 11) is 0. The SMILES string of the molecule is CCNCC(Cc1ccccc1)CC1CC2CCC1C2. The van der Waals surface area contributed by atoms with Crippen LogP contribution in [0.15, 0.2) is 30.3 Å². The number of hydrogen-bond acceptors (Lipinski definition) is 1. The largest absolute Gasteiger partial charge is 0.317 e. The van der Waals surface area contributed by atoms with Crippen LogP contribution in [0, 0.1) is 23.7 Å². The molecule has 1 N–H and O–H groups in total. The van der Waals surface area contributed by atoms with Gasteiger partial charge in [-0.05, 0) is 74.4 Å². The molecule has 0 saturated heterocycles. The molecule has 3 rings (SSSR count). The summed E-state index contributed by atoms with van der Waals surface area (Å²) in [6.07, 6.45) is 8.82. The van der Waals surface area contributed by atoms with Gasteiger partial charge in [-0.1, -0.05) is 43.7 Å². The molecule has 0 radical (unpaired) electrons. The molecule has 4 atom stereocenters. The van der Waals surface area contributed by atoms with Crippen molar-refractivity contribution in [2.75, 3.05) is 13.1 Å². The van der Waals surface area contributed by atoms with Crippen LogP contribution in [0.25, 0.3) is 0 Å². The van der Waals surface area contributed by atoms with Crippen molar-refractivity contribution in [3.8, 4) is 0 Å². The van der Waals surface area contributed by atoms with E-state index in [1.54, 1.807) is 6.42 Å². The third-order valence-electron chi connectivity index (χ3n) is 5.57. The fourth-order valence-electron chi connectivity index (χ4n) is 4.63. The Hall–Kier alpha value is -0.820. The van der Waals surface area contributed by atoms with Gasteiger partial charge in [-0.2, -0.15) is 0 Å². The van der Waals surface area contributed by atoms with Crippen molar-refractivity contribution in [2.24, 2.45) is 23.7 Å². The van der Waals surface area contributed by atoms with Gasteiger partial charge in [0.15, 0.2) is 0 Å². The van der Waals surface area contributed by atoms with Gasteiger partial charge in [-0.15, -0.1) is 0 Å². The summed E-state index contributed by atoms with van der Waals surface area (Å²) < 4.78 is 0. The minimum atomic E-state index is 0.821. The molecular weight excluding hydrogens is 242 g/mol. The van der Waals surface area contributed by atoms with Crippen LogP contribution in [-0.2, 0) is 6.42 Å². The third-order valence-corrected chi connectivity index (χ3v) is 5.57. The summed E-state index contributed by atoms with van der Waals surface area (Å²) in [5.74, 6) is 4.00. The van der Waals surface area contributed by atoms with E-state index < -0.39 is 0 Å². The Balaban J connectivity index is 1.58. The number of rotatable bonds is 7. The lowest BCUT2D eigenvalue weighted by Crippen LogP contribution is -2.27. The average molecular weight is 271 g/mol. The Morgan fingerprint density at radius 2 is 2.00 bits per heavy atom. The van der Waals surface area contributed by atoms with Crippen LogP contribution in [-0.4, -0.2) is 13.1 Å². The Kier molecular flexibility index (Phi) is 4.77. The Bertz CT molecular complexity index is 399. The maximum atomic E-state index is 3.59. The van der Waals surface area contributed by atoms with Gasteiger partial charge in [0.05, 0.1) is 0 Å². The van der Waals surface area contributed by atoms with E-state index in [-0.39, 0.29) is 0 Å². The van der Waals surface area contributed by atoms with Crippen molar-refractivity contribution in [1.29, 1.82) is 0 Å². The van der Waals surface area contributed by atoms with E-state index in [0.29, 0.717) is 0 Å². The normalized spacial score (nSPS) is 29.8. The molecule has 1 nitrogen and oxygen atoms in total. The van der Waals surface area contributed by atoms with E-state index in [9.17, 15) is 0 Å². The first-order chi connectivity index (χ1) is 9.85. The lowest BCUT2D eigenvalue weighted by molar-refractivity contribution is 0.262. The molecular formula is C19H29N.